The van der Waals surface area contributed by atoms with Crippen LogP contribution in [-0.2, 0) is 4.79 Å². The smallest absolute Gasteiger partial charge is 0.307 e. The lowest BCUT2D eigenvalue weighted by molar-refractivity contribution is -0.135. The van der Waals surface area contributed by atoms with Crippen molar-refractivity contribution >= 4 is 17.9 Å². The molecule has 1 rings (SSSR count). The topological polar surface area (TPSA) is 76.2 Å². The molecule has 1 aromatic rings. The van der Waals surface area contributed by atoms with Crippen LogP contribution in [0.4, 0.5) is 10.2 Å². The van der Waals surface area contributed by atoms with E-state index in [9.17, 15) is 9.18 Å². The molecule has 5 heteroatoms. The van der Waals surface area contributed by atoms with Gasteiger partial charge in [-0.05, 0) is 6.07 Å². The van der Waals surface area contributed by atoms with E-state index in [1.54, 1.807) is 0 Å². The molecule has 14 heavy (non-hydrogen) atoms. The van der Waals surface area contributed by atoms with Gasteiger partial charge < -0.3 is 10.8 Å². The van der Waals surface area contributed by atoms with Crippen molar-refractivity contribution in [3.8, 4) is 0 Å². The Labute approximate surface area is 79.9 Å². The quantitative estimate of drug-likeness (QED) is 0.763. The molecule has 0 spiro atoms. The van der Waals surface area contributed by atoms with Gasteiger partial charge in [-0.15, -0.1) is 0 Å². The fourth-order valence-corrected chi connectivity index (χ4v) is 0.886. The van der Waals surface area contributed by atoms with Crippen molar-refractivity contribution in [2.24, 2.45) is 0 Å². The highest BCUT2D eigenvalue weighted by molar-refractivity contribution is 5.71. The van der Waals surface area contributed by atoms with E-state index in [1.165, 1.54) is 18.2 Å². The first-order valence-electron chi connectivity index (χ1n) is 3.89. The Hall–Kier alpha value is -1.91. The molecule has 0 aliphatic carbocycles. The molecule has 0 aliphatic heterocycles. The summed E-state index contributed by atoms with van der Waals surface area (Å²) in [6.45, 7) is 0. The van der Waals surface area contributed by atoms with Crippen LogP contribution in [0.15, 0.2) is 18.3 Å². The minimum atomic E-state index is -0.954. The predicted molar refractivity (Wildman–Crippen MR) is 49.9 cm³/mol. The van der Waals surface area contributed by atoms with Crippen LogP contribution in [0.5, 0.6) is 0 Å². The molecule has 0 atom stereocenters. The minimum Gasteiger partial charge on any atom is -0.481 e. The number of rotatable bonds is 3. The van der Waals surface area contributed by atoms with Gasteiger partial charge in [0.2, 0.25) is 0 Å². The van der Waals surface area contributed by atoms with Crippen molar-refractivity contribution in [2.45, 2.75) is 6.42 Å². The lowest BCUT2D eigenvalue weighted by Gasteiger charge is -1.97. The summed E-state index contributed by atoms with van der Waals surface area (Å²) in [5.74, 6) is -1.29. The number of hydrogen-bond donors (Lipinski definition) is 2. The molecular weight excluding hydrogens is 187 g/mol. The van der Waals surface area contributed by atoms with E-state index in [4.69, 9.17) is 10.8 Å². The van der Waals surface area contributed by atoms with Crippen LogP contribution in [0.1, 0.15) is 12.0 Å². The highest BCUT2D eigenvalue weighted by Crippen LogP contribution is 2.11. The number of nitrogens with two attached hydrogens (primary N) is 1. The van der Waals surface area contributed by atoms with Gasteiger partial charge in [-0.1, -0.05) is 12.2 Å². The van der Waals surface area contributed by atoms with E-state index in [0.29, 0.717) is 5.56 Å². The molecule has 0 aliphatic rings. The number of hydrogen-bond acceptors (Lipinski definition) is 3. The zero-order valence-electron chi connectivity index (χ0n) is 7.27. The fraction of sp³-hybridized carbons (Fsp3) is 0.111. The number of carboxylic acids is 1. The largest absolute Gasteiger partial charge is 0.481 e. The first kappa shape index (κ1) is 10.2. The molecule has 1 aromatic heterocycles. The SMILES string of the molecule is Nc1ncc(F)cc1C=CCC(=O)O. The molecule has 3 N–H and O–H groups in total. The lowest BCUT2D eigenvalue weighted by Crippen LogP contribution is -1.95. The summed E-state index contributed by atoms with van der Waals surface area (Å²) < 4.78 is 12.7. The number of nitrogens with zero attached hydrogens (tertiary/aromatic N) is 1. The highest BCUT2D eigenvalue weighted by Gasteiger charge is 1.98. The second-order valence-corrected chi connectivity index (χ2v) is 2.63. The van der Waals surface area contributed by atoms with E-state index in [2.05, 4.69) is 4.98 Å². The van der Waals surface area contributed by atoms with E-state index < -0.39 is 11.8 Å². The first-order chi connectivity index (χ1) is 6.59. The Kier molecular flexibility index (Phi) is 3.17. The van der Waals surface area contributed by atoms with Crippen molar-refractivity contribution in [2.75, 3.05) is 5.73 Å². The van der Waals surface area contributed by atoms with Gasteiger partial charge in [0.25, 0.3) is 0 Å². The van der Waals surface area contributed by atoms with Gasteiger partial charge in [0.1, 0.15) is 11.6 Å². The molecular formula is C9H9FN2O2. The molecule has 0 amide bonds. The van der Waals surface area contributed by atoms with E-state index in [0.717, 1.165) is 6.20 Å². The summed E-state index contributed by atoms with van der Waals surface area (Å²) >= 11 is 0. The number of nitrogen functional groups attached to an aromatic ring is 1. The number of anilines is 1. The van der Waals surface area contributed by atoms with Gasteiger partial charge in [0.05, 0.1) is 12.6 Å². The minimum absolute atomic E-state index is 0.129. The summed E-state index contributed by atoms with van der Waals surface area (Å²) in [5, 5.41) is 8.34. The zero-order valence-corrected chi connectivity index (χ0v) is 7.27. The highest BCUT2D eigenvalue weighted by atomic mass is 19.1. The van der Waals surface area contributed by atoms with Gasteiger partial charge in [-0.3, -0.25) is 4.79 Å². The summed E-state index contributed by atoms with van der Waals surface area (Å²) in [6.07, 6.45) is 3.69. The van der Waals surface area contributed by atoms with E-state index >= 15 is 0 Å². The predicted octanol–water partition coefficient (Wildman–Crippen LogP) is 1.29. The van der Waals surface area contributed by atoms with Crippen molar-refractivity contribution in [1.82, 2.24) is 4.98 Å². The van der Waals surface area contributed by atoms with E-state index in [1.807, 2.05) is 0 Å². The molecule has 0 saturated heterocycles. The van der Waals surface area contributed by atoms with Crippen molar-refractivity contribution in [3.63, 3.8) is 0 Å². The zero-order chi connectivity index (χ0) is 10.6. The first-order valence-corrected chi connectivity index (χ1v) is 3.89. The average molecular weight is 196 g/mol. The number of pyridine rings is 1. The van der Waals surface area contributed by atoms with Crippen molar-refractivity contribution in [1.29, 1.82) is 0 Å². The van der Waals surface area contributed by atoms with Crippen LogP contribution in [-0.4, -0.2) is 16.1 Å². The standard InChI is InChI=1S/C9H9FN2O2/c10-7-4-6(9(11)12-5-7)2-1-3-8(13)14/h1-2,4-5H,3H2,(H2,11,12)(H,13,14). The Morgan fingerprint density at radius 2 is 2.43 bits per heavy atom. The van der Waals surface area contributed by atoms with E-state index in [-0.39, 0.29) is 12.2 Å². The van der Waals surface area contributed by atoms with Gasteiger partial charge >= 0.3 is 5.97 Å². The second kappa shape index (κ2) is 4.36. The summed E-state index contributed by atoms with van der Waals surface area (Å²) in [6, 6.07) is 1.20. The third kappa shape index (κ3) is 2.85. The maximum Gasteiger partial charge on any atom is 0.307 e. The average Bonchev–Trinajstić information content (AvgIpc) is 2.10. The van der Waals surface area contributed by atoms with Crippen LogP contribution < -0.4 is 5.73 Å². The molecule has 0 bridgehead atoms. The number of carbonyl (C=O) groups is 1. The van der Waals surface area contributed by atoms with Gasteiger partial charge in [-0.2, -0.15) is 0 Å². The summed E-state index contributed by atoms with van der Waals surface area (Å²) in [5.41, 5.74) is 5.81. The molecule has 1 heterocycles. The third-order valence-corrected chi connectivity index (χ3v) is 1.51. The Bertz CT molecular complexity index is 377. The third-order valence-electron chi connectivity index (χ3n) is 1.51. The molecule has 0 aromatic carbocycles. The molecule has 0 fully saturated rings. The van der Waals surface area contributed by atoms with Crippen LogP contribution >= 0.6 is 0 Å². The second-order valence-electron chi connectivity index (χ2n) is 2.63. The summed E-state index contributed by atoms with van der Waals surface area (Å²) in [4.78, 5) is 13.7. The van der Waals surface area contributed by atoms with Crippen LogP contribution in [0, 0.1) is 5.82 Å². The molecule has 74 valence electrons. The number of carboxylic acid groups (broad SMARTS) is 1. The van der Waals surface area contributed by atoms with Gasteiger partial charge in [0.15, 0.2) is 0 Å². The maximum atomic E-state index is 12.7. The number of halogens is 1. The number of aliphatic carboxylic acids is 1. The molecule has 4 nitrogen and oxygen atoms in total. The number of aromatic nitrogens is 1. The maximum absolute atomic E-state index is 12.7. The van der Waals surface area contributed by atoms with Crippen molar-refractivity contribution < 1.29 is 14.3 Å². The fourth-order valence-electron chi connectivity index (χ4n) is 0.886. The summed E-state index contributed by atoms with van der Waals surface area (Å²) in [7, 11) is 0. The van der Waals surface area contributed by atoms with Crippen LogP contribution in [0.2, 0.25) is 0 Å². The molecule has 0 saturated carbocycles. The van der Waals surface area contributed by atoms with Gasteiger partial charge in [-0.25, -0.2) is 9.37 Å². The Morgan fingerprint density at radius 3 is 3.07 bits per heavy atom. The van der Waals surface area contributed by atoms with Crippen LogP contribution in [0.3, 0.4) is 0 Å². The van der Waals surface area contributed by atoms with Crippen molar-refractivity contribution in [3.05, 3.63) is 29.7 Å². The molecule has 0 unspecified atom stereocenters. The lowest BCUT2D eigenvalue weighted by atomic mass is 10.2. The Morgan fingerprint density at radius 1 is 1.71 bits per heavy atom. The Balaban J connectivity index is 2.80. The monoisotopic (exact) mass is 196 g/mol. The normalized spacial score (nSPS) is 10.6. The molecule has 0 radical (unpaired) electrons. The van der Waals surface area contributed by atoms with Gasteiger partial charge in [0, 0.05) is 5.56 Å². The van der Waals surface area contributed by atoms with Crippen LogP contribution in [0.25, 0.3) is 6.08 Å².